The number of isocyanates is 1. The topological polar surface area (TPSA) is 72.5 Å². The minimum absolute atomic E-state index is 0.371. The number of nitrogens with zero attached hydrogens (tertiary/aromatic N) is 5. The predicted octanol–water partition coefficient (Wildman–Crippen LogP) is 3.77. The zero-order valence-electron chi connectivity index (χ0n) is 15.1. The molecule has 7 heteroatoms. The van der Waals surface area contributed by atoms with E-state index in [0.29, 0.717) is 34.2 Å². The molecule has 0 unspecified atom stereocenters. The number of aryl methyl sites for hydroxylation is 1. The second-order valence-corrected chi connectivity index (χ2v) is 6.81. The lowest BCUT2D eigenvalue weighted by Crippen LogP contribution is -2.20. The molecular weight excluding hydrogens is 345 g/mol. The molecule has 4 rings (SSSR count). The highest BCUT2D eigenvalue weighted by atomic mass is 19.1. The van der Waals surface area contributed by atoms with Crippen LogP contribution in [0.3, 0.4) is 0 Å². The van der Waals surface area contributed by atoms with Crippen LogP contribution in [0.4, 0.5) is 10.1 Å². The van der Waals surface area contributed by atoms with Gasteiger partial charge >= 0.3 is 0 Å². The summed E-state index contributed by atoms with van der Waals surface area (Å²) in [6.07, 6.45) is 1.54. The number of carbonyl (C=O) groups excluding carboxylic acids is 1. The molecular formula is C20H16FN5O. The van der Waals surface area contributed by atoms with Gasteiger partial charge in [-0.1, -0.05) is 12.1 Å². The van der Waals surface area contributed by atoms with Crippen LogP contribution in [0.25, 0.3) is 5.69 Å². The Morgan fingerprint density at radius 1 is 1.11 bits per heavy atom. The van der Waals surface area contributed by atoms with Gasteiger partial charge in [0.05, 0.1) is 17.1 Å². The van der Waals surface area contributed by atoms with Crippen LogP contribution in [-0.2, 0) is 10.3 Å². The van der Waals surface area contributed by atoms with E-state index in [9.17, 15) is 9.18 Å². The standard InChI is InChI=1S/C20H16FN5O/c1-12-24-25-19-20(2,3)23-18(14-6-4-5-7-16(14)21)15-10-13(22-11-27)8-9-17(15)26(12)19/h4-10H,1-3H3. The Labute approximate surface area is 155 Å². The van der Waals surface area contributed by atoms with Crippen LogP contribution in [-0.4, -0.2) is 26.6 Å². The first-order chi connectivity index (χ1) is 12.9. The normalized spacial score (nSPS) is 14.4. The van der Waals surface area contributed by atoms with E-state index in [1.54, 1.807) is 36.4 Å². The first-order valence-corrected chi connectivity index (χ1v) is 8.42. The van der Waals surface area contributed by atoms with Crippen LogP contribution in [0, 0.1) is 12.7 Å². The lowest BCUT2D eigenvalue weighted by Gasteiger charge is -2.18. The maximum Gasteiger partial charge on any atom is 0.240 e. The van der Waals surface area contributed by atoms with Gasteiger partial charge in [0.2, 0.25) is 6.08 Å². The molecule has 0 fully saturated rings. The van der Waals surface area contributed by atoms with Crippen LogP contribution in [0.15, 0.2) is 52.4 Å². The van der Waals surface area contributed by atoms with E-state index in [1.165, 1.54) is 6.07 Å². The van der Waals surface area contributed by atoms with Gasteiger partial charge in [-0.2, -0.15) is 4.99 Å². The molecule has 2 aromatic carbocycles. The summed E-state index contributed by atoms with van der Waals surface area (Å²) in [5, 5.41) is 8.50. The largest absolute Gasteiger partial charge is 0.280 e. The fraction of sp³-hybridized carbons (Fsp3) is 0.200. The highest BCUT2D eigenvalue weighted by Gasteiger charge is 2.34. The lowest BCUT2D eigenvalue weighted by atomic mass is 9.98. The quantitative estimate of drug-likeness (QED) is 0.515. The van der Waals surface area contributed by atoms with E-state index in [4.69, 9.17) is 4.99 Å². The minimum Gasteiger partial charge on any atom is -0.280 e. The maximum atomic E-state index is 14.6. The van der Waals surface area contributed by atoms with Gasteiger partial charge < -0.3 is 0 Å². The molecule has 1 aromatic heterocycles. The van der Waals surface area contributed by atoms with Gasteiger partial charge in [-0.05, 0) is 51.1 Å². The molecule has 3 aromatic rings. The molecule has 0 atom stereocenters. The Morgan fingerprint density at radius 3 is 2.63 bits per heavy atom. The molecule has 0 N–H and O–H groups in total. The van der Waals surface area contributed by atoms with Crippen molar-refractivity contribution in [3.63, 3.8) is 0 Å². The average Bonchev–Trinajstić information content (AvgIpc) is 2.99. The van der Waals surface area contributed by atoms with Crippen molar-refractivity contribution < 1.29 is 9.18 Å². The van der Waals surface area contributed by atoms with Crippen molar-refractivity contribution in [3.05, 3.63) is 71.1 Å². The lowest BCUT2D eigenvalue weighted by molar-refractivity contribution is 0.509. The first kappa shape index (κ1) is 17.0. The number of benzene rings is 2. The average molecular weight is 361 g/mol. The number of aromatic nitrogens is 3. The molecule has 0 bridgehead atoms. The number of halogens is 1. The van der Waals surface area contributed by atoms with Gasteiger partial charge in [-0.15, -0.1) is 10.2 Å². The first-order valence-electron chi connectivity index (χ1n) is 8.42. The Hall–Kier alpha value is -3.44. The number of hydrogen-bond acceptors (Lipinski definition) is 5. The van der Waals surface area contributed by atoms with Crippen LogP contribution in [0.1, 0.15) is 36.6 Å². The summed E-state index contributed by atoms with van der Waals surface area (Å²) in [5.41, 5.74) is 1.92. The SMILES string of the molecule is Cc1nnc2n1-c1ccc(N=C=O)cc1C(c1ccccc1F)=NC2(C)C. The minimum atomic E-state index is -0.744. The Balaban J connectivity index is 2.12. The zero-order valence-corrected chi connectivity index (χ0v) is 15.1. The molecule has 0 spiro atoms. The van der Waals surface area contributed by atoms with Crippen LogP contribution in [0.5, 0.6) is 0 Å². The van der Waals surface area contributed by atoms with Crippen molar-refractivity contribution in [2.75, 3.05) is 0 Å². The summed E-state index contributed by atoms with van der Waals surface area (Å²) in [5.74, 6) is 0.965. The smallest absolute Gasteiger partial charge is 0.240 e. The third kappa shape index (κ3) is 2.69. The molecule has 0 radical (unpaired) electrons. The molecule has 0 amide bonds. The van der Waals surface area contributed by atoms with Gasteiger partial charge in [-0.25, -0.2) is 9.18 Å². The zero-order chi connectivity index (χ0) is 19.2. The molecule has 1 aliphatic heterocycles. The van der Waals surface area contributed by atoms with E-state index in [0.717, 1.165) is 5.69 Å². The fourth-order valence-electron chi connectivity index (χ4n) is 3.33. The molecule has 134 valence electrons. The van der Waals surface area contributed by atoms with Gasteiger partial charge in [0, 0.05) is 11.1 Å². The second-order valence-electron chi connectivity index (χ2n) is 6.81. The third-order valence-electron chi connectivity index (χ3n) is 4.54. The monoisotopic (exact) mass is 361 g/mol. The van der Waals surface area contributed by atoms with Crippen molar-refractivity contribution in [2.24, 2.45) is 9.98 Å². The van der Waals surface area contributed by atoms with Crippen molar-refractivity contribution in [3.8, 4) is 5.69 Å². The molecule has 27 heavy (non-hydrogen) atoms. The number of hydrogen-bond donors (Lipinski definition) is 0. The molecule has 0 saturated carbocycles. The highest BCUT2D eigenvalue weighted by Crippen LogP contribution is 2.36. The summed E-state index contributed by atoms with van der Waals surface area (Å²) in [4.78, 5) is 19.3. The van der Waals surface area contributed by atoms with Crippen molar-refractivity contribution >= 4 is 17.5 Å². The summed E-state index contributed by atoms with van der Waals surface area (Å²) >= 11 is 0. The molecule has 2 heterocycles. The van der Waals surface area contributed by atoms with Crippen molar-refractivity contribution in [2.45, 2.75) is 26.3 Å². The van der Waals surface area contributed by atoms with Crippen molar-refractivity contribution in [1.82, 2.24) is 14.8 Å². The van der Waals surface area contributed by atoms with E-state index < -0.39 is 5.54 Å². The van der Waals surface area contributed by atoms with E-state index >= 15 is 0 Å². The van der Waals surface area contributed by atoms with Crippen LogP contribution < -0.4 is 0 Å². The predicted molar refractivity (Wildman–Crippen MR) is 98.9 cm³/mol. The molecule has 0 aliphatic carbocycles. The summed E-state index contributed by atoms with van der Waals surface area (Å²) < 4.78 is 16.5. The highest BCUT2D eigenvalue weighted by molar-refractivity contribution is 6.16. The molecule has 0 saturated heterocycles. The summed E-state index contributed by atoms with van der Waals surface area (Å²) in [6.45, 7) is 5.66. The number of rotatable bonds is 2. The fourth-order valence-corrected chi connectivity index (χ4v) is 3.33. The van der Waals surface area contributed by atoms with Gasteiger partial charge in [0.1, 0.15) is 17.2 Å². The molecule has 1 aliphatic rings. The second kappa shape index (κ2) is 6.07. The van der Waals surface area contributed by atoms with E-state index in [2.05, 4.69) is 15.2 Å². The molecule has 6 nitrogen and oxygen atoms in total. The number of fused-ring (bicyclic) bond motifs is 3. The number of aliphatic imine (C=N–C) groups is 2. The van der Waals surface area contributed by atoms with Gasteiger partial charge in [0.25, 0.3) is 0 Å². The Kier molecular flexibility index (Phi) is 3.82. The van der Waals surface area contributed by atoms with Crippen molar-refractivity contribution in [1.29, 1.82) is 0 Å². The summed E-state index contributed by atoms with van der Waals surface area (Å²) in [7, 11) is 0. The van der Waals surface area contributed by atoms with Crippen LogP contribution >= 0.6 is 0 Å². The van der Waals surface area contributed by atoms with Gasteiger partial charge in [-0.3, -0.25) is 9.56 Å². The third-order valence-corrected chi connectivity index (χ3v) is 4.54. The van der Waals surface area contributed by atoms with E-state index in [-0.39, 0.29) is 5.82 Å². The maximum absolute atomic E-state index is 14.6. The van der Waals surface area contributed by atoms with Gasteiger partial charge in [0.15, 0.2) is 5.82 Å². The Bertz CT molecular complexity index is 1140. The van der Waals surface area contributed by atoms with Crippen LogP contribution in [0.2, 0.25) is 0 Å². The van der Waals surface area contributed by atoms with E-state index in [1.807, 2.05) is 31.4 Å². The summed E-state index contributed by atoms with van der Waals surface area (Å²) in [6, 6.07) is 11.7. The Morgan fingerprint density at radius 2 is 1.89 bits per heavy atom.